The smallest absolute Gasteiger partial charge is 0.308 e. The van der Waals surface area contributed by atoms with Gasteiger partial charge < -0.3 is 14.4 Å². The largest absolute Gasteiger partial charge is 0.483 e. The van der Waals surface area contributed by atoms with E-state index in [1.807, 2.05) is 17.0 Å². The second kappa shape index (κ2) is 11.1. The summed E-state index contributed by atoms with van der Waals surface area (Å²) in [4.78, 5) is 42.8. The molecule has 224 valence electrons. The molecule has 2 aromatic carbocycles. The Morgan fingerprint density at radius 1 is 1.12 bits per heavy atom. The monoisotopic (exact) mass is 612 g/mol. The summed E-state index contributed by atoms with van der Waals surface area (Å²) in [6.45, 7) is 9.15. The lowest BCUT2D eigenvalue weighted by atomic mass is 9.51. The van der Waals surface area contributed by atoms with E-state index in [9.17, 15) is 14.4 Å². The molecule has 2 heterocycles. The number of piperidine rings is 1. The van der Waals surface area contributed by atoms with Crippen molar-refractivity contribution in [1.29, 1.82) is 0 Å². The molecule has 42 heavy (non-hydrogen) atoms. The molecule has 1 saturated carbocycles. The molecule has 2 aliphatic carbocycles. The number of Topliss-reactive ketones (excluding diaryl/α,β-unsaturated/α-hetero) is 1. The Hall–Kier alpha value is -2.61. The van der Waals surface area contributed by atoms with Crippen LogP contribution in [-0.4, -0.2) is 65.3 Å². The molecule has 2 bridgehead atoms. The molecule has 0 N–H and O–H groups in total. The zero-order valence-electron chi connectivity index (χ0n) is 24.6. The van der Waals surface area contributed by atoms with Crippen molar-refractivity contribution in [1.82, 2.24) is 9.80 Å². The zero-order chi connectivity index (χ0) is 29.9. The van der Waals surface area contributed by atoms with Gasteiger partial charge in [0, 0.05) is 30.5 Å². The van der Waals surface area contributed by atoms with Crippen LogP contribution in [0.25, 0.3) is 0 Å². The molecule has 7 nitrogen and oxygen atoms in total. The van der Waals surface area contributed by atoms with Crippen LogP contribution in [0.3, 0.4) is 0 Å². The Morgan fingerprint density at radius 2 is 1.90 bits per heavy atom. The Morgan fingerprint density at radius 3 is 2.60 bits per heavy atom. The van der Waals surface area contributed by atoms with Gasteiger partial charge in [0.15, 0.2) is 11.5 Å². The fraction of sp³-hybridized carbons (Fsp3) is 0.545. The SMILES string of the molecule is CC(=O)CN1CC[C@]23c4c5ccc(OC(C)=O)c4O[C@H]2[C@H](N(CC(C)C)C(=O)Cc2ccc(Cl)c(Cl)c2)CC[C@H]3[C@H]1C5. The molecule has 0 unspecified atom stereocenters. The second-order valence-electron chi connectivity index (χ2n) is 12.9. The Labute approximate surface area is 257 Å². The number of ketones is 1. The van der Waals surface area contributed by atoms with Gasteiger partial charge in [-0.05, 0) is 80.3 Å². The molecule has 5 atom stereocenters. The number of nitrogens with zero attached hydrogens (tertiary/aromatic N) is 2. The van der Waals surface area contributed by atoms with Crippen LogP contribution in [0.2, 0.25) is 10.0 Å². The first-order chi connectivity index (χ1) is 20.0. The second-order valence-corrected chi connectivity index (χ2v) is 13.7. The molecule has 2 fully saturated rings. The maximum absolute atomic E-state index is 14.1. The van der Waals surface area contributed by atoms with E-state index < -0.39 is 5.97 Å². The van der Waals surface area contributed by atoms with E-state index in [2.05, 4.69) is 24.8 Å². The van der Waals surface area contributed by atoms with Crippen molar-refractivity contribution in [3.05, 3.63) is 57.1 Å². The average Bonchev–Trinajstić information content (AvgIpc) is 3.26. The van der Waals surface area contributed by atoms with Crippen LogP contribution in [0.5, 0.6) is 11.5 Å². The number of ether oxygens (including phenoxy) is 2. The van der Waals surface area contributed by atoms with Crippen LogP contribution >= 0.6 is 23.2 Å². The molecular formula is C33H38Cl2N2O5. The molecule has 0 aromatic heterocycles. The number of hydrogen-bond acceptors (Lipinski definition) is 6. The zero-order valence-corrected chi connectivity index (χ0v) is 26.1. The standard InChI is InChI=1S/C33H38Cl2N2O5/c1-18(2)16-37(29(40)14-21-5-8-24(34)25(35)13-21)26-9-7-23-27-15-22-6-10-28(41-20(4)39)31-30(22)33(23,32(26)42-31)11-12-36(27)17-19(3)38/h5-6,8,10,13,18,23,26-27,32H,7,9,11-12,14-17H2,1-4H3/t23-,26+,27+,32-,33-/m0/s1. The topological polar surface area (TPSA) is 76.2 Å². The Kier molecular flexibility index (Phi) is 7.82. The number of carbonyl (C=O) groups is 3. The van der Waals surface area contributed by atoms with Gasteiger partial charge in [0.25, 0.3) is 0 Å². The highest BCUT2D eigenvalue weighted by Crippen LogP contribution is 2.64. The molecule has 1 saturated heterocycles. The van der Waals surface area contributed by atoms with E-state index in [1.165, 1.54) is 12.5 Å². The first-order valence-corrected chi connectivity index (χ1v) is 15.7. The predicted molar refractivity (Wildman–Crippen MR) is 161 cm³/mol. The summed E-state index contributed by atoms with van der Waals surface area (Å²) >= 11 is 12.4. The number of rotatable bonds is 8. The molecule has 4 aliphatic rings. The summed E-state index contributed by atoms with van der Waals surface area (Å²) < 4.78 is 12.6. The number of amides is 1. The molecule has 1 amide bonds. The summed E-state index contributed by atoms with van der Waals surface area (Å²) in [6.07, 6.45) is 3.32. The van der Waals surface area contributed by atoms with Gasteiger partial charge in [-0.25, -0.2) is 0 Å². The van der Waals surface area contributed by atoms with Gasteiger partial charge in [-0.3, -0.25) is 19.3 Å². The number of likely N-dealkylation sites (tertiary alicyclic amines) is 1. The first-order valence-electron chi connectivity index (χ1n) is 15.0. The summed E-state index contributed by atoms with van der Waals surface area (Å²) in [5.74, 6) is 1.45. The third kappa shape index (κ3) is 4.91. The van der Waals surface area contributed by atoms with E-state index in [-0.39, 0.29) is 53.5 Å². The van der Waals surface area contributed by atoms with Crippen molar-refractivity contribution >= 4 is 40.9 Å². The average molecular weight is 614 g/mol. The minimum atomic E-state index is -0.390. The maximum atomic E-state index is 14.1. The van der Waals surface area contributed by atoms with Crippen LogP contribution in [0.4, 0.5) is 0 Å². The van der Waals surface area contributed by atoms with Crippen molar-refractivity contribution < 1.29 is 23.9 Å². The highest BCUT2D eigenvalue weighted by molar-refractivity contribution is 6.42. The van der Waals surface area contributed by atoms with Crippen molar-refractivity contribution in [2.45, 2.75) is 83.4 Å². The Bertz CT molecular complexity index is 1440. The van der Waals surface area contributed by atoms with Crippen LogP contribution < -0.4 is 9.47 Å². The molecule has 9 heteroatoms. The van der Waals surface area contributed by atoms with E-state index in [1.54, 1.807) is 19.1 Å². The van der Waals surface area contributed by atoms with Crippen molar-refractivity contribution in [2.75, 3.05) is 19.6 Å². The van der Waals surface area contributed by atoms with Crippen LogP contribution in [0, 0.1) is 11.8 Å². The van der Waals surface area contributed by atoms with Gasteiger partial charge in [0.1, 0.15) is 11.9 Å². The lowest BCUT2D eigenvalue weighted by Gasteiger charge is -2.60. The minimum absolute atomic E-state index is 0.0308. The van der Waals surface area contributed by atoms with E-state index >= 15 is 0 Å². The normalized spacial score (nSPS) is 27.3. The molecular weight excluding hydrogens is 575 g/mol. The van der Waals surface area contributed by atoms with Gasteiger partial charge in [0.2, 0.25) is 5.91 Å². The van der Waals surface area contributed by atoms with Crippen molar-refractivity contribution in [3.8, 4) is 11.5 Å². The summed E-state index contributed by atoms with van der Waals surface area (Å²) in [7, 11) is 0. The first kappa shape index (κ1) is 29.5. The van der Waals surface area contributed by atoms with E-state index in [0.717, 1.165) is 43.4 Å². The molecule has 6 rings (SSSR count). The molecule has 2 aliphatic heterocycles. The molecule has 1 spiro atoms. The van der Waals surface area contributed by atoms with Crippen molar-refractivity contribution in [2.24, 2.45) is 11.8 Å². The van der Waals surface area contributed by atoms with Crippen LogP contribution in [0.15, 0.2) is 30.3 Å². The fourth-order valence-corrected chi connectivity index (χ4v) is 8.69. The van der Waals surface area contributed by atoms with Crippen molar-refractivity contribution in [3.63, 3.8) is 0 Å². The minimum Gasteiger partial charge on any atom is -0.483 e. The summed E-state index contributed by atoms with van der Waals surface area (Å²) in [5, 5.41) is 0.895. The maximum Gasteiger partial charge on any atom is 0.308 e. The van der Waals surface area contributed by atoms with E-state index in [0.29, 0.717) is 34.6 Å². The lowest BCUT2D eigenvalue weighted by Crippen LogP contribution is -2.69. The van der Waals surface area contributed by atoms with Gasteiger partial charge in [-0.1, -0.05) is 49.2 Å². The molecule has 0 radical (unpaired) electrons. The molecule has 2 aromatic rings. The van der Waals surface area contributed by atoms with Crippen LogP contribution in [0.1, 0.15) is 63.6 Å². The number of halogens is 2. The number of benzene rings is 2. The van der Waals surface area contributed by atoms with Gasteiger partial charge in [-0.15, -0.1) is 0 Å². The summed E-state index contributed by atoms with van der Waals surface area (Å²) in [5.41, 5.74) is 2.84. The summed E-state index contributed by atoms with van der Waals surface area (Å²) in [6, 6.07) is 9.32. The van der Waals surface area contributed by atoms with Crippen LogP contribution in [-0.2, 0) is 32.6 Å². The third-order valence-electron chi connectivity index (χ3n) is 9.69. The predicted octanol–water partition coefficient (Wildman–Crippen LogP) is 5.64. The third-order valence-corrected chi connectivity index (χ3v) is 10.4. The van der Waals surface area contributed by atoms with Gasteiger partial charge in [-0.2, -0.15) is 0 Å². The number of carbonyl (C=O) groups excluding carboxylic acids is 3. The number of esters is 1. The highest BCUT2D eigenvalue weighted by Gasteiger charge is 2.66. The number of hydrogen-bond donors (Lipinski definition) is 0. The van der Waals surface area contributed by atoms with Gasteiger partial charge in [0.05, 0.1) is 29.1 Å². The van der Waals surface area contributed by atoms with E-state index in [4.69, 9.17) is 32.7 Å². The lowest BCUT2D eigenvalue weighted by molar-refractivity contribution is -0.143. The Balaban J connectivity index is 1.41. The fourth-order valence-electron chi connectivity index (χ4n) is 8.37. The quantitative estimate of drug-likeness (QED) is 0.283. The highest BCUT2D eigenvalue weighted by atomic mass is 35.5. The van der Waals surface area contributed by atoms with Gasteiger partial charge >= 0.3 is 5.97 Å².